The van der Waals surface area contributed by atoms with Crippen LogP contribution in [0.4, 0.5) is 0 Å². The van der Waals surface area contributed by atoms with Crippen molar-refractivity contribution in [3.63, 3.8) is 0 Å². The molecule has 0 atom stereocenters. The first-order valence-electron chi connectivity index (χ1n) is 11.2. The fraction of sp³-hybridized carbons (Fsp3) is 0.172. The Morgan fingerprint density at radius 2 is 1.27 bits per heavy atom. The van der Waals surface area contributed by atoms with Crippen molar-refractivity contribution in [2.24, 2.45) is 0 Å². The maximum atomic E-state index is 9.04. The second-order valence-electron chi connectivity index (χ2n) is 8.14. The zero-order chi connectivity index (χ0) is 22.7. The first-order valence-corrected chi connectivity index (χ1v) is 11.2. The lowest BCUT2D eigenvalue weighted by molar-refractivity contribution is 0.201. The van der Waals surface area contributed by atoms with Crippen molar-refractivity contribution in [1.29, 1.82) is 0 Å². The monoisotopic (exact) mass is 438 g/mol. The van der Waals surface area contributed by atoms with Crippen LogP contribution in [-0.4, -0.2) is 36.6 Å². The normalized spacial score (nSPS) is 15.3. The Hall–Kier alpha value is -3.60. The molecule has 0 radical (unpaired) electrons. The molecule has 0 unspecified atom stereocenters. The van der Waals surface area contributed by atoms with Crippen LogP contribution in [0, 0.1) is 0 Å². The van der Waals surface area contributed by atoms with E-state index in [2.05, 4.69) is 72.8 Å². The molecule has 4 nitrogen and oxygen atoms in total. The number of rotatable bonds is 8. The lowest BCUT2D eigenvalue weighted by atomic mass is 9.70. The highest BCUT2D eigenvalue weighted by Crippen LogP contribution is 2.42. The SMILES string of the molecule is OCCOc1ccc(C2(c3ccc(OCCO)cc3)C=CC3=c4ccccc4=CC3=C2)cc1. The highest BCUT2D eigenvalue weighted by atomic mass is 16.5. The second-order valence-corrected chi connectivity index (χ2v) is 8.14. The van der Waals surface area contributed by atoms with E-state index >= 15 is 0 Å². The highest BCUT2D eigenvalue weighted by Gasteiger charge is 2.33. The maximum absolute atomic E-state index is 9.04. The predicted molar refractivity (Wildman–Crippen MR) is 130 cm³/mol. The summed E-state index contributed by atoms with van der Waals surface area (Å²) >= 11 is 0. The van der Waals surface area contributed by atoms with E-state index in [1.807, 2.05) is 24.3 Å². The van der Waals surface area contributed by atoms with Gasteiger partial charge in [-0.3, -0.25) is 0 Å². The Balaban J connectivity index is 1.61. The number of benzene rings is 3. The first-order chi connectivity index (χ1) is 16.2. The van der Waals surface area contributed by atoms with Gasteiger partial charge >= 0.3 is 0 Å². The molecule has 2 aliphatic carbocycles. The van der Waals surface area contributed by atoms with Crippen molar-refractivity contribution in [3.8, 4) is 11.5 Å². The van der Waals surface area contributed by atoms with Crippen LogP contribution in [0.2, 0.25) is 0 Å². The molecule has 0 saturated carbocycles. The van der Waals surface area contributed by atoms with E-state index in [1.54, 1.807) is 0 Å². The second kappa shape index (κ2) is 9.10. The summed E-state index contributed by atoms with van der Waals surface area (Å²) < 4.78 is 11.1. The van der Waals surface area contributed by atoms with Gasteiger partial charge in [-0.25, -0.2) is 0 Å². The summed E-state index contributed by atoms with van der Waals surface area (Å²) in [4.78, 5) is 0. The van der Waals surface area contributed by atoms with Crippen LogP contribution in [0.25, 0.3) is 11.6 Å². The van der Waals surface area contributed by atoms with Gasteiger partial charge in [0.05, 0.1) is 18.6 Å². The first kappa shape index (κ1) is 21.3. The molecule has 3 aromatic rings. The Labute approximate surface area is 193 Å². The molecule has 0 amide bonds. The third-order valence-electron chi connectivity index (χ3n) is 6.15. The topological polar surface area (TPSA) is 58.9 Å². The van der Waals surface area contributed by atoms with Crippen molar-refractivity contribution in [3.05, 3.63) is 118 Å². The average Bonchev–Trinajstić information content (AvgIpc) is 3.24. The number of hydrogen-bond acceptors (Lipinski definition) is 4. The quantitative estimate of drug-likeness (QED) is 0.568. The lowest BCUT2D eigenvalue weighted by Crippen LogP contribution is -2.26. The number of ether oxygens (including phenoxy) is 2. The summed E-state index contributed by atoms with van der Waals surface area (Å²) in [6, 6.07) is 24.6. The zero-order valence-electron chi connectivity index (χ0n) is 18.3. The molecule has 2 N–H and O–H groups in total. The zero-order valence-corrected chi connectivity index (χ0v) is 18.3. The summed E-state index contributed by atoms with van der Waals surface area (Å²) in [6.07, 6.45) is 9.06. The van der Waals surface area contributed by atoms with E-state index < -0.39 is 5.41 Å². The number of fused-ring (bicyclic) bond motifs is 2. The summed E-state index contributed by atoms with van der Waals surface area (Å²) in [5.74, 6) is 1.46. The molecule has 0 bridgehead atoms. The van der Waals surface area contributed by atoms with Crippen molar-refractivity contribution in [1.82, 2.24) is 0 Å². The van der Waals surface area contributed by atoms with Crippen LogP contribution in [0.1, 0.15) is 11.1 Å². The summed E-state index contributed by atoms with van der Waals surface area (Å²) in [5.41, 5.74) is 4.24. The molecule has 3 aromatic carbocycles. The predicted octanol–water partition coefficient (Wildman–Crippen LogP) is 2.86. The molecule has 166 valence electrons. The Morgan fingerprint density at radius 3 is 1.85 bits per heavy atom. The molecule has 0 saturated heterocycles. The maximum Gasteiger partial charge on any atom is 0.119 e. The fourth-order valence-corrected chi connectivity index (χ4v) is 4.59. The van der Waals surface area contributed by atoms with Crippen molar-refractivity contribution in [2.45, 2.75) is 5.41 Å². The highest BCUT2D eigenvalue weighted by molar-refractivity contribution is 5.90. The summed E-state index contributed by atoms with van der Waals surface area (Å²) in [5, 5.41) is 20.6. The number of hydrogen-bond donors (Lipinski definition) is 2. The molecule has 5 rings (SSSR count). The van der Waals surface area contributed by atoms with Gasteiger partial charge in [0.15, 0.2) is 0 Å². The average molecular weight is 439 g/mol. The summed E-state index contributed by atoms with van der Waals surface area (Å²) in [7, 11) is 0. The number of aliphatic hydroxyl groups excluding tert-OH is 2. The third kappa shape index (κ3) is 3.99. The minimum Gasteiger partial charge on any atom is -0.491 e. The molecular weight excluding hydrogens is 412 g/mol. The van der Waals surface area contributed by atoms with Crippen LogP contribution < -0.4 is 19.9 Å². The minimum atomic E-state index is -0.456. The molecular formula is C29H26O4. The van der Waals surface area contributed by atoms with Crippen molar-refractivity contribution >= 4 is 11.6 Å². The lowest BCUT2D eigenvalue weighted by Gasteiger charge is -2.33. The van der Waals surface area contributed by atoms with Gasteiger partial charge in [-0.2, -0.15) is 0 Å². The van der Waals surface area contributed by atoms with Crippen LogP contribution >= 0.6 is 0 Å². The van der Waals surface area contributed by atoms with Crippen LogP contribution in [0.5, 0.6) is 11.5 Å². The van der Waals surface area contributed by atoms with Gasteiger partial charge in [0, 0.05) is 0 Å². The van der Waals surface area contributed by atoms with Crippen molar-refractivity contribution < 1.29 is 19.7 Å². The van der Waals surface area contributed by atoms with E-state index in [-0.39, 0.29) is 26.4 Å². The molecule has 2 aliphatic rings. The van der Waals surface area contributed by atoms with Gasteiger partial charge in [-0.05, 0) is 63.1 Å². The van der Waals surface area contributed by atoms with Gasteiger partial charge in [-0.15, -0.1) is 0 Å². The Morgan fingerprint density at radius 1 is 0.697 bits per heavy atom. The molecule has 0 aliphatic heterocycles. The smallest absolute Gasteiger partial charge is 0.119 e. The van der Waals surface area contributed by atoms with E-state index in [9.17, 15) is 0 Å². The molecule has 33 heavy (non-hydrogen) atoms. The number of allylic oxidation sites excluding steroid dienone is 4. The fourth-order valence-electron chi connectivity index (χ4n) is 4.59. The van der Waals surface area contributed by atoms with Gasteiger partial charge in [0.2, 0.25) is 0 Å². The number of aliphatic hydroxyl groups is 2. The molecule has 0 spiro atoms. The van der Waals surface area contributed by atoms with Crippen molar-refractivity contribution in [2.75, 3.05) is 26.4 Å². The molecule has 0 fully saturated rings. The van der Waals surface area contributed by atoms with Gasteiger partial charge in [-0.1, -0.05) is 66.8 Å². The van der Waals surface area contributed by atoms with E-state index in [0.717, 1.165) is 22.6 Å². The van der Waals surface area contributed by atoms with Gasteiger partial charge in [0.1, 0.15) is 24.7 Å². The van der Waals surface area contributed by atoms with E-state index in [0.29, 0.717) is 0 Å². The standard InChI is InChI=1S/C29H26O4/c30-15-17-32-25-9-5-23(6-10-25)29(24-7-11-26(12-8-24)33-18-16-31)14-13-28-22(20-29)19-21-3-1-2-4-27(21)28/h1-14,19-20,30-31H,15-18H2. The molecule has 0 heterocycles. The summed E-state index contributed by atoms with van der Waals surface area (Å²) in [6.45, 7) is 0.519. The Kier molecular flexibility index (Phi) is 5.86. The van der Waals surface area contributed by atoms with Crippen LogP contribution in [-0.2, 0) is 5.41 Å². The molecule has 4 heteroatoms. The Bertz CT molecular complexity index is 1260. The van der Waals surface area contributed by atoms with Gasteiger partial charge in [0.25, 0.3) is 0 Å². The largest absolute Gasteiger partial charge is 0.491 e. The van der Waals surface area contributed by atoms with Crippen LogP contribution in [0.15, 0.2) is 96.6 Å². The third-order valence-corrected chi connectivity index (χ3v) is 6.15. The van der Waals surface area contributed by atoms with E-state index in [4.69, 9.17) is 19.7 Å². The van der Waals surface area contributed by atoms with Gasteiger partial charge < -0.3 is 19.7 Å². The van der Waals surface area contributed by atoms with E-state index in [1.165, 1.54) is 21.6 Å². The minimum absolute atomic E-state index is 0.0137. The molecule has 0 aromatic heterocycles. The van der Waals surface area contributed by atoms with Crippen LogP contribution in [0.3, 0.4) is 0 Å².